The number of carbonyl (C=O) groups is 1. The van der Waals surface area contributed by atoms with Gasteiger partial charge in [-0.1, -0.05) is 18.2 Å². The van der Waals surface area contributed by atoms with Gasteiger partial charge in [-0.15, -0.1) is 11.8 Å². The number of anilines is 2. The molecule has 3 nitrogen and oxygen atoms in total. The maximum absolute atomic E-state index is 12.1. The highest BCUT2D eigenvalue weighted by Crippen LogP contribution is 2.40. The van der Waals surface area contributed by atoms with Gasteiger partial charge in [-0.2, -0.15) is 0 Å². The van der Waals surface area contributed by atoms with E-state index in [0.29, 0.717) is 0 Å². The van der Waals surface area contributed by atoms with Crippen molar-refractivity contribution in [2.45, 2.75) is 37.2 Å². The SMILES string of the molecule is CSc1ccc2c(c1)[C@@H](Nc1ccccc1)C[C@@H](C)N2C(C)=O. The summed E-state index contributed by atoms with van der Waals surface area (Å²) >= 11 is 1.73. The van der Waals surface area contributed by atoms with Crippen LogP contribution in [0.3, 0.4) is 0 Å². The summed E-state index contributed by atoms with van der Waals surface area (Å²) in [6, 6.07) is 17.0. The van der Waals surface area contributed by atoms with Crippen LogP contribution in [0.5, 0.6) is 0 Å². The first-order valence-electron chi connectivity index (χ1n) is 7.89. The van der Waals surface area contributed by atoms with E-state index in [1.165, 1.54) is 10.5 Å². The molecule has 2 atom stereocenters. The Kier molecular flexibility index (Phi) is 4.62. The lowest BCUT2D eigenvalue weighted by atomic mass is 9.91. The molecule has 120 valence electrons. The number of hydrogen-bond donors (Lipinski definition) is 1. The quantitative estimate of drug-likeness (QED) is 0.829. The number of nitrogens with zero attached hydrogens (tertiary/aromatic N) is 1. The molecule has 1 N–H and O–H groups in total. The van der Waals surface area contributed by atoms with E-state index in [1.807, 2.05) is 23.1 Å². The van der Waals surface area contributed by atoms with Crippen molar-refractivity contribution in [1.29, 1.82) is 0 Å². The molecule has 0 spiro atoms. The van der Waals surface area contributed by atoms with Crippen molar-refractivity contribution in [3.8, 4) is 0 Å². The molecule has 0 fully saturated rings. The van der Waals surface area contributed by atoms with E-state index in [1.54, 1.807) is 18.7 Å². The van der Waals surface area contributed by atoms with E-state index in [4.69, 9.17) is 0 Å². The van der Waals surface area contributed by atoms with Gasteiger partial charge < -0.3 is 10.2 Å². The molecule has 1 aliphatic heterocycles. The van der Waals surface area contributed by atoms with Crippen molar-refractivity contribution in [1.82, 2.24) is 0 Å². The van der Waals surface area contributed by atoms with Crippen molar-refractivity contribution in [3.63, 3.8) is 0 Å². The first-order chi connectivity index (χ1) is 11.1. The highest BCUT2D eigenvalue weighted by molar-refractivity contribution is 7.98. The van der Waals surface area contributed by atoms with Gasteiger partial charge in [0, 0.05) is 29.2 Å². The number of fused-ring (bicyclic) bond motifs is 1. The summed E-state index contributed by atoms with van der Waals surface area (Å²) in [5.74, 6) is 0.105. The highest BCUT2D eigenvalue weighted by Gasteiger charge is 2.32. The Morgan fingerprint density at radius 3 is 2.61 bits per heavy atom. The van der Waals surface area contributed by atoms with Crippen molar-refractivity contribution in [3.05, 3.63) is 54.1 Å². The number of benzene rings is 2. The number of amides is 1. The van der Waals surface area contributed by atoms with Crippen molar-refractivity contribution in [2.24, 2.45) is 0 Å². The summed E-state index contributed by atoms with van der Waals surface area (Å²) in [5, 5.41) is 3.63. The van der Waals surface area contributed by atoms with Crippen molar-refractivity contribution < 1.29 is 4.79 Å². The zero-order chi connectivity index (χ0) is 16.4. The minimum absolute atomic E-state index is 0.105. The average Bonchev–Trinajstić information content (AvgIpc) is 2.55. The topological polar surface area (TPSA) is 32.3 Å². The van der Waals surface area contributed by atoms with Gasteiger partial charge in [0.15, 0.2) is 0 Å². The van der Waals surface area contributed by atoms with E-state index in [-0.39, 0.29) is 18.0 Å². The van der Waals surface area contributed by atoms with Gasteiger partial charge in [0.2, 0.25) is 5.91 Å². The second-order valence-electron chi connectivity index (χ2n) is 5.96. The fourth-order valence-electron chi connectivity index (χ4n) is 3.32. The Hall–Kier alpha value is -1.94. The first-order valence-corrected chi connectivity index (χ1v) is 9.12. The van der Waals surface area contributed by atoms with Crippen LogP contribution in [0.1, 0.15) is 31.9 Å². The number of carbonyl (C=O) groups excluding carboxylic acids is 1. The van der Waals surface area contributed by atoms with Crippen LogP contribution in [0, 0.1) is 0 Å². The zero-order valence-electron chi connectivity index (χ0n) is 13.7. The van der Waals surface area contributed by atoms with Crippen LogP contribution in [-0.2, 0) is 4.79 Å². The molecule has 1 aliphatic rings. The van der Waals surface area contributed by atoms with Gasteiger partial charge >= 0.3 is 0 Å². The lowest BCUT2D eigenvalue weighted by Gasteiger charge is -2.39. The van der Waals surface area contributed by atoms with Gasteiger partial charge in [0.1, 0.15) is 0 Å². The van der Waals surface area contributed by atoms with Crippen LogP contribution in [0.25, 0.3) is 0 Å². The maximum atomic E-state index is 12.1. The molecular formula is C19H22N2OS. The van der Waals surface area contributed by atoms with Crippen LogP contribution in [0.4, 0.5) is 11.4 Å². The first kappa shape index (κ1) is 15.9. The summed E-state index contributed by atoms with van der Waals surface area (Å²) in [6.45, 7) is 3.76. The van der Waals surface area contributed by atoms with Crippen LogP contribution in [0.15, 0.2) is 53.4 Å². The molecule has 4 heteroatoms. The monoisotopic (exact) mass is 326 g/mol. The normalized spacial score (nSPS) is 20.0. The molecule has 0 aromatic heterocycles. The molecule has 0 saturated heterocycles. The minimum Gasteiger partial charge on any atom is -0.378 e. The van der Waals surface area contributed by atoms with Gasteiger partial charge in [-0.25, -0.2) is 0 Å². The maximum Gasteiger partial charge on any atom is 0.224 e. The molecular weight excluding hydrogens is 304 g/mol. The molecule has 1 amide bonds. The van der Waals surface area contributed by atoms with E-state index < -0.39 is 0 Å². The third-order valence-corrected chi connectivity index (χ3v) is 5.07. The Morgan fingerprint density at radius 1 is 1.22 bits per heavy atom. The van der Waals surface area contributed by atoms with E-state index in [9.17, 15) is 4.79 Å². The number of hydrogen-bond acceptors (Lipinski definition) is 3. The molecule has 0 radical (unpaired) electrons. The molecule has 2 aromatic carbocycles. The molecule has 0 unspecified atom stereocenters. The fraction of sp³-hybridized carbons (Fsp3) is 0.316. The molecule has 2 aromatic rings. The van der Waals surface area contributed by atoms with Crippen molar-refractivity contribution in [2.75, 3.05) is 16.5 Å². The minimum atomic E-state index is 0.105. The standard InChI is InChI=1S/C19H22N2OS/c1-13-11-18(20-15-7-5-4-6-8-15)17-12-16(23-3)9-10-19(17)21(13)14(2)22/h4-10,12-13,18,20H,11H2,1-3H3/t13-,18+/m1/s1. The third-order valence-electron chi connectivity index (χ3n) is 4.34. The molecule has 1 heterocycles. The molecule has 0 saturated carbocycles. The van der Waals surface area contributed by atoms with Gasteiger partial charge in [0.25, 0.3) is 0 Å². The summed E-state index contributed by atoms with van der Waals surface area (Å²) in [6.07, 6.45) is 2.98. The van der Waals surface area contributed by atoms with Crippen LogP contribution in [0.2, 0.25) is 0 Å². The van der Waals surface area contributed by atoms with Gasteiger partial charge in [-0.3, -0.25) is 4.79 Å². The van der Waals surface area contributed by atoms with Crippen LogP contribution < -0.4 is 10.2 Å². The molecule has 0 bridgehead atoms. The van der Waals surface area contributed by atoms with Crippen molar-refractivity contribution >= 4 is 29.0 Å². The van der Waals surface area contributed by atoms with E-state index >= 15 is 0 Å². The van der Waals surface area contributed by atoms with E-state index in [0.717, 1.165) is 17.8 Å². The Labute approximate surface area is 142 Å². The average molecular weight is 326 g/mol. The third kappa shape index (κ3) is 3.22. The summed E-state index contributed by atoms with van der Waals surface area (Å²) in [7, 11) is 0. The second kappa shape index (κ2) is 6.67. The lowest BCUT2D eigenvalue weighted by Crippen LogP contribution is -2.43. The van der Waals surface area contributed by atoms with Gasteiger partial charge in [-0.05, 0) is 55.5 Å². The number of para-hydroxylation sites is 1. The molecule has 23 heavy (non-hydrogen) atoms. The highest BCUT2D eigenvalue weighted by atomic mass is 32.2. The fourth-order valence-corrected chi connectivity index (χ4v) is 3.77. The van der Waals surface area contributed by atoms with Crippen LogP contribution in [-0.4, -0.2) is 18.2 Å². The predicted molar refractivity (Wildman–Crippen MR) is 98.3 cm³/mol. The Morgan fingerprint density at radius 2 is 1.96 bits per heavy atom. The summed E-state index contributed by atoms with van der Waals surface area (Å²) in [5.41, 5.74) is 3.35. The lowest BCUT2D eigenvalue weighted by molar-refractivity contribution is -0.117. The van der Waals surface area contributed by atoms with E-state index in [2.05, 4.69) is 48.8 Å². The Bertz CT molecular complexity index is 702. The second-order valence-corrected chi connectivity index (χ2v) is 6.84. The molecule has 3 rings (SSSR count). The number of thioether (sulfide) groups is 1. The number of nitrogens with one attached hydrogen (secondary N) is 1. The largest absolute Gasteiger partial charge is 0.378 e. The summed E-state index contributed by atoms with van der Waals surface area (Å²) in [4.78, 5) is 15.2. The smallest absolute Gasteiger partial charge is 0.224 e. The van der Waals surface area contributed by atoms with Crippen LogP contribution >= 0.6 is 11.8 Å². The Balaban J connectivity index is 2.01. The summed E-state index contributed by atoms with van der Waals surface area (Å²) < 4.78 is 0. The predicted octanol–water partition coefficient (Wildman–Crippen LogP) is 4.71. The molecule has 0 aliphatic carbocycles. The zero-order valence-corrected chi connectivity index (χ0v) is 14.6. The van der Waals surface area contributed by atoms with Gasteiger partial charge in [0.05, 0.1) is 6.04 Å². The number of rotatable bonds is 3.